The van der Waals surface area contributed by atoms with Crippen molar-refractivity contribution in [2.24, 2.45) is 0 Å². The summed E-state index contributed by atoms with van der Waals surface area (Å²) in [5.41, 5.74) is 1.27. The minimum Gasteiger partial charge on any atom is -0.507 e. The number of carbonyl (C=O) groups is 1. The smallest absolute Gasteiger partial charge is 0.267 e. The lowest BCUT2D eigenvalue weighted by Crippen LogP contribution is -2.34. The second-order valence-corrected chi connectivity index (χ2v) is 7.70. The second-order valence-electron chi connectivity index (χ2n) is 6.79. The SMILES string of the molecule is O=C(Nc1ccc(Br)cc1)c1c(O)c2c(n(Cc3ccco3)c1=O)CCCC2. The normalized spacial score (nSPS) is 13.2. The molecule has 4 rings (SSSR count). The maximum atomic E-state index is 13.2. The summed E-state index contributed by atoms with van der Waals surface area (Å²) in [4.78, 5) is 26.0. The van der Waals surface area contributed by atoms with E-state index < -0.39 is 11.5 Å². The lowest BCUT2D eigenvalue weighted by Gasteiger charge is -2.23. The topological polar surface area (TPSA) is 84.5 Å². The van der Waals surface area contributed by atoms with E-state index >= 15 is 0 Å². The third-order valence-electron chi connectivity index (χ3n) is 4.97. The lowest BCUT2D eigenvalue weighted by atomic mass is 9.93. The molecule has 28 heavy (non-hydrogen) atoms. The van der Waals surface area contributed by atoms with Gasteiger partial charge in [0, 0.05) is 21.4 Å². The van der Waals surface area contributed by atoms with Crippen LogP contribution >= 0.6 is 15.9 Å². The zero-order valence-electron chi connectivity index (χ0n) is 15.1. The molecule has 0 saturated heterocycles. The number of amides is 1. The van der Waals surface area contributed by atoms with Gasteiger partial charge in [0.05, 0.1) is 12.8 Å². The van der Waals surface area contributed by atoms with Crippen LogP contribution in [0.2, 0.25) is 0 Å². The first-order chi connectivity index (χ1) is 13.5. The van der Waals surface area contributed by atoms with Crippen molar-refractivity contribution in [2.75, 3.05) is 5.32 Å². The maximum Gasteiger partial charge on any atom is 0.267 e. The van der Waals surface area contributed by atoms with Gasteiger partial charge in [-0.2, -0.15) is 0 Å². The quantitative estimate of drug-likeness (QED) is 0.636. The number of aromatic hydroxyl groups is 1. The third kappa shape index (κ3) is 3.49. The van der Waals surface area contributed by atoms with Crippen LogP contribution < -0.4 is 10.9 Å². The van der Waals surface area contributed by atoms with E-state index in [1.54, 1.807) is 47.2 Å². The minimum atomic E-state index is -0.619. The van der Waals surface area contributed by atoms with E-state index in [2.05, 4.69) is 21.2 Å². The van der Waals surface area contributed by atoms with Crippen LogP contribution in [-0.4, -0.2) is 15.6 Å². The Morgan fingerprint density at radius 2 is 1.93 bits per heavy atom. The van der Waals surface area contributed by atoms with Gasteiger partial charge in [0.1, 0.15) is 17.1 Å². The van der Waals surface area contributed by atoms with E-state index in [0.717, 1.165) is 23.0 Å². The first-order valence-corrected chi connectivity index (χ1v) is 9.90. The highest BCUT2D eigenvalue weighted by Crippen LogP contribution is 2.31. The van der Waals surface area contributed by atoms with E-state index in [1.165, 1.54) is 0 Å². The minimum absolute atomic E-state index is 0.204. The number of pyridine rings is 1. The molecule has 0 saturated carbocycles. The van der Waals surface area contributed by atoms with Gasteiger partial charge in [-0.3, -0.25) is 9.59 Å². The number of furan rings is 1. The van der Waals surface area contributed by atoms with Gasteiger partial charge in [-0.15, -0.1) is 0 Å². The van der Waals surface area contributed by atoms with Gasteiger partial charge in [-0.25, -0.2) is 0 Å². The van der Waals surface area contributed by atoms with Crippen molar-refractivity contribution in [2.45, 2.75) is 32.2 Å². The van der Waals surface area contributed by atoms with E-state index in [9.17, 15) is 14.7 Å². The molecule has 1 aliphatic rings. The Hall–Kier alpha value is -2.80. The molecular formula is C21H19BrN2O4. The van der Waals surface area contributed by atoms with E-state index in [-0.39, 0.29) is 17.9 Å². The van der Waals surface area contributed by atoms with Gasteiger partial charge >= 0.3 is 0 Å². The molecule has 0 aliphatic heterocycles. The summed E-state index contributed by atoms with van der Waals surface area (Å²) in [6.07, 6.45) is 4.72. The highest BCUT2D eigenvalue weighted by molar-refractivity contribution is 9.10. The average Bonchev–Trinajstić information content (AvgIpc) is 3.20. The Morgan fingerprint density at radius 3 is 2.64 bits per heavy atom. The van der Waals surface area contributed by atoms with Crippen LogP contribution in [-0.2, 0) is 19.4 Å². The van der Waals surface area contributed by atoms with Crippen molar-refractivity contribution in [3.05, 3.63) is 80.1 Å². The Balaban J connectivity index is 1.79. The first-order valence-electron chi connectivity index (χ1n) is 9.11. The maximum absolute atomic E-state index is 13.2. The zero-order valence-corrected chi connectivity index (χ0v) is 16.7. The molecule has 3 aromatic rings. The van der Waals surface area contributed by atoms with Crippen LogP contribution in [0.1, 0.15) is 40.2 Å². The van der Waals surface area contributed by atoms with Gasteiger partial charge < -0.3 is 19.4 Å². The molecule has 6 nitrogen and oxygen atoms in total. The average molecular weight is 443 g/mol. The summed E-state index contributed by atoms with van der Waals surface area (Å²) in [6.45, 7) is 0.229. The summed E-state index contributed by atoms with van der Waals surface area (Å²) in [7, 11) is 0. The number of nitrogens with one attached hydrogen (secondary N) is 1. The summed E-state index contributed by atoms with van der Waals surface area (Å²) in [6, 6.07) is 10.6. The molecule has 7 heteroatoms. The molecule has 2 aromatic heterocycles. The summed E-state index contributed by atoms with van der Waals surface area (Å²) < 4.78 is 7.83. The summed E-state index contributed by atoms with van der Waals surface area (Å²) in [5, 5.41) is 13.5. The third-order valence-corrected chi connectivity index (χ3v) is 5.50. The molecule has 2 N–H and O–H groups in total. The van der Waals surface area contributed by atoms with E-state index in [0.29, 0.717) is 29.9 Å². The summed E-state index contributed by atoms with van der Waals surface area (Å²) >= 11 is 3.34. The Kier molecular flexibility index (Phi) is 5.09. The van der Waals surface area contributed by atoms with Crippen LogP contribution in [0.3, 0.4) is 0 Å². The highest BCUT2D eigenvalue weighted by Gasteiger charge is 2.27. The second kappa shape index (κ2) is 7.67. The van der Waals surface area contributed by atoms with Crippen LogP contribution in [0, 0.1) is 0 Å². The number of aromatic nitrogens is 1. The van der Waals surface area contributed by atoms with Crippen LogP contribution in [0.15, 0.2) is 56.3 Å². The number of halogens is 1. The van der Waals surface area contributed by atoms with Gasteiger partial charge in [0.2, 0.25) is 0 Å². The molecule has 0 fully saturated rings. The summed E-state index contributed by atoms with van der Waals surface area (Å²) in [5.74, 6) is -0.198. The standard InChI is InChI=1S/C21H19BrN2O4/c22-13-7-9-14(10-8-13)23-20(26)18-19(25)16-5-1-2-6-17(16)24(21(18)27)12-15-4-3-11-28-15/h3-4,7-11,25H,1-2,5-6,12H2,(H,23,26). The molecule has 0 atom stereocenters. The van der Waals surface area contributed by atoms with Gasteiger partial charge in [-0.1, -0.05) is 15.9 Å². The highest BCUT2D eigenvalue weighted by atomic mass is 79.9. The monoisotopic (exact) mass is 442 g/mol. The molecule has 2 heterocycles. The van der Waals surface area contributed by atoms with Crippen molar-refractivity contribution in [3.8, 4) is 5.75 Å². The fourth-order valence-electron chi connectivity index (χ4n) is 3.61. The van der Waals surface area contributed by atoms with E-state index in [1.807, 2.05) is 0 Å². The molecular weight excluding hydrogens is 424 g/mol. The number of fused-ring (bicyclic) bond motifs is 1. The number of nitrogens with zero attached hydrogens (tertiary/aromatic N) is 1. The molecule has 1 aliphatic carbocycles. The number of hydrogen-bond donors (Lipinski definition) is 2. The fraction of sp³-hybridized carbons (Fsp3) is 0.238. The molecule has 0 bridgehead atoms. The lowest BCUT2D eigenvalue weighted by molar-refractivity contribution is 0.102. The number of anilines is 1. The van der Waals surface area contributed by atoms with E-state index in [4.69, 9.17) is 4.42 Å². The van der Waals surface area contributed by atoms with Gasteiger partial charge in [-0.05, 0) is 62.1 Å². The Morgan fingerprint density at radius 1 is 1.18 bits per heavy atom. The van der Waals surface area contributed by atoms with Crippen molar-refractivity contribution < 1.29 is 14.3 Å². The number of carbonyl (C=O) groups excluding carboxylic acids is 1. The fourth-order valence-corrected chi connectivity index (χ4v) is 3.87. The number of rotatable bonds is 4. The van der Waals surface area contributed by atoms with Gasteiger partial charge in [0.15, 0.2) is 0 Å². The molecule has 0 spiro atoms. The molecule has 0 unspecified atom stereocenters. The predicted octanol–water partition coefficient (Wildman–Crippen LogP) is 4.09. The van der Waals surface area contributed by atoms with Crippen molar-refractivity contribution >= 4 is 27.5 Å². The Labute approximate surface area is 169 Å². The van der Waals surface area contributed by atoms with Crippen LogP contribution in [0.25, 0.3) is 0 Å². The van der Waals surface area contributed by atoms with Crippen molar-refractivity contribution in [1.29, 1.82) is 0 Å². The zero-order chi connectivity index (χ0) is 19.7. The van der Waals surface area contributed by atoms with Crippen LogP contribution in [0.4, 0.5) is 5.69 Å². The molecule has 1 aromatic carbocycles. The Bertz CT molecular complexity index is 1070. The molecule has 144 valence electrons. The molecule has 0 radical (unpaired) electrons. The molecule has 1 amide bonds. The van der Waals surface area contributed by atoms with Crippen molar-refractivity contribution in [3.63, 3.8) is 0 Å². The first kappa shape index (κ1) is 18.6. The van der Waals surface area contributed by atoms with Crippen LogP contribution in [0.5, 0.6) is 5.75 Å². The predicted molar refractivity (Wildman–Crippen MR) is 109 cm³/mol. The van der Waals surface area contributed by atoms with Gasteiger partial charge in [0.25, 0.3) is 11.5 Å². The largest absolute Gasteiger partial charge is 0.507 e. The number of hydrogen-bond acceptors (Lipinski definition) is 4. The number of benzene rings is 1. The van der Waals surface area contributed by atoms with Crippen molar-refractivity contribution in [1.82, 2.24) is 4.57 Å².